The smallest absolute Gasteiger partial charge is 0.272 e. The molecule has 6 heteroatoms. The van der Waals surface area contributed by atoms with Crippen LogP contribution < -0.4 is 5.32 Å². The van der Waals surface area contributed by atoms with Crippen LogP contribution in [0.4, 0.5) is 5.69 Å². The first kappa shape index (κ1) is 15.7. The van der Waals surface area contributed by atoms with E-state index in [-0.39, 0.29) is 12.5 Å². The van der Waals surface area contributed by atoms with Gasteiger partial charge in [-0.25, -0.2) is 4.98 Å². The Bertz CT molecular complexity index is 441. The first-order valence-corrected chi connectivity index (χ1v) is 7.57. The fourth-order valence-corrected chi connectivity index (χ4v) is 2.37. The second-order valence-electron chi connectivity index (χ2n) is 5.22. The zero-order valence-corrected chi connectivity index (χ0v) is 12.6. The number of pyridine rings is 1. The van der Waals surface area contributed by atoms with Crippen LogP contribution in [0.1, 0.15) is 23.8 Å². The summed E-state index contributed by atoms with van der Waals surface area (Å²) in [5.41, 5.74) is 1.44. The molecule has 0 radical (unpaired) electrons. The van der Waals surface area contributed by atoms with E-state index in [2.05, 4.69) is 22.1 Å². The van der Waals surface area contributed by atoms with Gasteiger partial charge in [0.15, 0.2) is 0 Å². The number of carbonyl (C=O) groups is 1. The van der Waals surface area contributed by atoms with Crippen molar-refractivity contribution in [2.75, 3.05) is 51.2 Å². The maximum Gasteiger partial charge on any atom is 0.272 e. The standard InChI is InChI=1S/C15H24N4O2/c1-2-5-16-13-3-4-14(17-12-13)15(21)19-8-6-18(7-9-19)10-11-20/h3-4,12,16,20H,2,5-11H2,1H3. The number of aromatic nitrogens is 1. The second-order valence-corrected chi connectivity index (χ2v) is 5.22. The van der Waals surface area contributed by atoms with E-state index in [9.17, 15) is 4.79 Å². The van der Waals surface area contributed by atoms with E-state index in [1.807, 2.05) is 11.0 Å². The van der Waals surface area contributed by atoms with Crippen molar-refractivity contribution in [3.8, 4) is 0 Å². The lowest BCUT2D eigenvalue weighted by Crippen LogP contribution is -2.49. The SMILES string of the molecule is CCCNc1ccc(C(=O)N2CCN(CCO)CC2)nc1. The number of carbonyl (C=O) groups excluding carboxylic acids is 1. The molecule has 2 heterocycles. The average Bonchev–Trinajstić information content (AvgIpc) is 2.54. The molecule has 2 N–H and O–H groups in total. The maximum absolute atomic E-state index is 12.4. The van der Waals surface area contributed by atoms with Crippen molar-refractivity contribution in [3.05, 3.63) is 24.0 Å². The van der Waals surface area contributed by atoms with Gasteiger partial charge < -0.3 is 15.3 Å². The predicted molar refractivity (Wildman–Crippen MR) is 82.4 cm³/mol. The van der Waals surface area contributed by atoms with Crippen LogP contribution >= 0.6 is 0 Å². The monoisotopic (exact) mass is 292 g/mol. The zero-order valence-electron chi connectivity index (χ0n) is 12.6. The molecule has 0 aromatic carbocycles. The van der Waals surface area contributed by atoms with Crippen molar-refractivity contribution in [1.29, 1.82) is 0 Å². The number of nitrogens with one attached hydrogen (secondary N) is 1. The minimum atomic E-state index is -0.0133. The summed E-state index contributed by atoms with van der Waals surface area (Å²) in [7, 11) is 0. The number of aliphatic hydroxyl groups is 1. The Hall–Kier alpha value is -1.66. The van der Waals surface area contributed by atoms with Crippen molar-refractivity contribution in [1.82, 2.24) is 14.8 Å². The molecule has 1 amide bonds. The van der Waals surface area contributed by atoms with E-state index in [1.54, 1.807) is 12.3 Å². The van der Waals surface area contributed by atoms with Crippen LogP contribution in [0.15, 0.2) is 18.3 Å². The quantitative estimate of drug-likeness (QED) is 0.806. The molecule has 0 bridgehead atoms. The summed E-state index contributed by atoms with van der Waals surface area (Å²) in [5.74, 6) is -0.0133. The maximum atomic E-state index is 12.4. The largest absolute Gasteiger partial charge is 0.395 e. The molecule has 1 saturated heterocycles. The lowest BCUT2D eigenvalue weighted by molar-refractivity contribution is 0.0609. The van der Waals surface area contributed by atoms with Crippen molar-refractivity contribution < 1.29 is 9.90 Å². The van der Waals surface area contributed by atoms with Gasteiger partial charge in [-0.3, -0.25) is 9.69 Å². The summed E-state index contributed by atoms with van der Waals surface area (Å²) in [6, 6.07) is 3.68. The average molecular weight is 292 g/mol. The molecule has 116 valence electrons. The summed E-state index contributed by atoms with van der Waals surface area (Å²) in [5, 5.41) is 12.2. The third kappa shape index (κ3) is 4.41. The number of rotatable bonds is 6. The van der Waals surface area contributed by atoms with Crippen molar-refractivity contribution in [3.63, 3.8) is 0 Å². The first-order chi connectivity index (χ1) is 10.2. The highest BCUT2D eigenvalue weighted by molar-refractivity contribution is 5.92. The molecule has 1 aromatic heterocycles. The fourth-order valence-electron chi connectivity index (χ4n) is 2.37. The highest BCUT2D eigenvalue weighted by Crippen LogP contribution is 2.10. The van der Waals surface area contributed by atoms with Crippen LogP contribution in [0, 0.1) is 0 Å². The van der Waals surface area contributed by atoms with Crippen molar-refractivity contribution >= 4 is 11.6 Å². The van der Waals surface area contributed by atoms with E-state index in [0.717, 1.165) is 31.7 Å². The molecular weight excluding hydrogens is 268 g/mol. The molecule has 0 spiro atoms. The van der Waals surface area contributed by atoms with Crippen LogP contribution in [-0.2, 0) is 0 Å². The summed E-state index contributed by atoms with van der Waals surface area (Å²) < 4.78 is 0. The highest BCUT2D eigenvalue weighted by atomic mass is 16.3. The zero-order chi connectivity index (χ0) is 15.1. The molecule has 2 rings (SSSR count). The fraction of sp³-hybridized carbons (Fsp3) is 0.600. The van der Waals surface area contributed by atoms with Crippen molar-refractivity contribution in [2.24, 2.45) is 0 Å². The van der Waals surface area contributed by atoms with Crippen LogP contribution in [0.2, 0.25) is 0 Å². The molecular formula is C15H24N4O2. The predicted octanol–water partition coefficient (Wildman–Crippen LogP) is 0.654. The number of amides is 1. The molecule has 6 nitrogen and oxygen atoms in total. The number of hydrogen-bond donors (Lipinski definition) is 2. The minimum absolute atomic E-state index is 0.0133. The summed E-state index contributed by atoms with van der Waals surface area (Å²) >= 11 is 0. The summed E-state index contributed by atoms with van der Waals surface area (Å²) in [6.45, 7) is 6.86. The lowest BCUT2D eigenvalue weighted by atomic mass is 10.2. The topological polar surface area (TPSA) is 68.7 Å². The molecule has 1 fully saturated rings. The first-order valence-electron chi connectivity index (χ1n) is 7.57. The molecule has 0 aliphatic carbocycles. The number of nitrogens with zero attached hydrogens (tertiary/aromatic N) is 3. The Labute approximate surface area is 125 Å². The van der Waals surface area contributed by atoms with E-state index in [1.165, 1.54) is 0 Å². The lowest BCUT2D eigenvalue weighted by Gasteiger charge is -2.34. The number of piperazine rings is 1. The van der Waals surface area contributed by atoms with Gasteiger partial charge in [0.05, 0.1) is 18.5 Å². The van der Waals surface area contributed by atoms with E-state index in [0.29, 0.717) is 25.3 Å². The van der Waals surface area contributed by atoms with Gasteiger partial charge in [-0.15, -0.1) is 0 Å². The molecule has 0 unspecified atom stereocenters. The van der Waals surface area contributed by atoms with Crippen LogP contribution in [-0.4, -0.2) is 71.7 Å². The molecule has 21 heavy (non-hydrogen) atoms. The summed E-state index contributed by atoms with van der Waals surface area (Å²) in [6.07, 6.45) is 2.77. The molecule has 1 aliphatic heterocycles. The van der Waals surface area contributed by atoms with Gasteiger partial charge >= 0.3 is 0 Å². The van der Waals surface area contributed by atoms with Gasteiger partial charge in [0, 0.05) is 39.3 Å². The molecule has 1 aliphatic rings. The van der Waals surface area contributed by atoms with Gasteiger partial charge in [-0.1, -0.05) is 6.92 Å². The third-order valence-corrected chi connectivity index (χ3v) is 3.64. The number of aliphatic hydroxyl groups excluding tert-OH is 1. The van der Waals surface area contributed by atoms with Crippen molar-refractivity contribution in [2.45, 2.75) is 13.3 Å². The number of hydrogen-bond acceptors (Lipinski definition) is 5. The number of β-amino-alcohol motifs (C(OH)–C–C–N with tert-alkyl or cyclic N) is 1. The van der Waals surface area contributed by atoms with Gasteiger partial charge in [0.2, 0.25) is 0 Å². The Balaban J connectivity index is 1.88. The Morgan fingerprint density at radius 2 is 2.10 bits per heavy atom. The summed E-state index contributed by atoms with van der Waals surface area (Å²) in [4.78, 5) is 20.6. The van der Waals surface area contributed by atoms with Crippen LogP contribution in [0.3, 0.4) is 0 Å². The van der Waals surface area contributed by atoms with Gasteiger partial charge in [-0.05, 0) is 18.6 Å². The van der Waals surface area contributed by atoms with E-state index >= 15 is 0 Å². The van der Waals surface area contributed by atoms with Crippen LogP contribution in [0.5, 0.6) is 0 Å². The third-order valence-electron chi connectivity index (χ3n) is 3.64. The second kappa shape index (κ2) is 7.95. The Morgan fingerprint density at radius 3 is 2.67 bits per heavy atom. The Morgan fingerprint density at radius 1 is 1.33 bits per heavy atom. The van der Waals surface area contributed by atoms with E-state index < -0.39 is 0 Å². The number of anilines is 1. The Kier molecular flexibility index (Phi) is 5.95. The molecule has 0 saturated carbocycles. The van der Waals surface area contributed by atoms with Gasteiger partial charge in [0.25, 0.3) is 5.91 Å². The molecule has 1 aromatic rings. The van der Waals surface area contributed by atoms with Gasteiger partial charge in [0.1, 0.15) is 5.69 Å². The van der Waals surface area contributed by atoms with E-state index in [4.69, 9.17) is 5.11 Å². The van der Waals surface area contributed by atoms with Gasteiger partial charge in [-0.2, -0.15) is 0 Å². The minimum Gasteiger partial charge on any atom is -0.395 e. The molecule has 0 atom stereocenters. The highest BCUT2D eigenvalue weighted by Gasteiger charge is 2.22. The normalized spacial score (nSPS) is 16.0. The van der Waals surface area contributed by atoms with Crippen LogP contribution in [0.25, 0.3) is 0 Å².